The third kappa shape index (κ3) is 2.02. The standard InChI is InChI=1S/C7H14N4O/c1-5-9-6(2)11(10-5)4-7(12)3-8/h7,12H,3-4,8H2,1-2H3. The lowest BCUT2D eigenvalue weighted by atomic mass is 10.3. The molecule has 3 N–H and O–H groups in total. The van der Waals surface area contributed by atoms with Gasteiger partial charge in [0.05, 0.1) is 12.6 Å². The molecule has 5 heteroatoms. The second-order valence-electron chi connectivity index (χ2n) is 2.78. The van der Waals surface area contributed by atoms with Crippen molar-refractivity contribution >= 4 is 0 Å². The van der Waals surface area contributed by atoms with Crippen LogP contribution in [0.25, 0.3) is 0 Å². The van der Waals surface area contributed by atoms with E-state index in [1.807, 2.05) is 13.8 Å². The Balaban J connectivity index is 2.68. The monoisotopic (exact) mass is 170 g/mol. The summed E-state index contributed by atoms with van der Waals surface area (Å²) in [6.45, 7) is 4.34. The first kappa shape index (κ1) is 9.15. The van der Waals surface area contributed by atoms with E-state index in [9.17, 15) is 5.11 Å². The van der Waals surface area contributed by atoms with E-state index >= 15 is 0 Å². The average Bonchev–Trinajstić information content (AvgIpc) is 2.30. The number of nitrogens with zero attached hydrogens (tertiary/aromatic N) is 3. The number of hydrogen-bond acceptors (Lipinski definition) is 4. The predicted octanol–water partition coefficient (Wildman–Crippen LogP) is -0.785. The van der Waals surface area contributed by atoms with Crippen LogP contribution in [0.5, 0.6) is 0 Å². The number of aliphatic hydroxyl groups excluding tert-OH is 1. The average molecular weight is 170 g/mol. The quantitative estimate of drug-likeness (QED) is 0.623. The van der Waals surface area contributed by atoms with E-state index in [2.05, 4.69) is 10.1 Å². The third-order valence-corrected chi connectivity index (χ3v) is 1.62. The first-order chi connectivity index (χ1) is 5.63. The van der Waals surface area contributed by atoms with Crippen molar-refractivity contribution < 1.29 is 5.11 Å². The summed E-state index contributed by atoms with van der Waals surface area (Å²) in [5.41, 5.74) is 5.27. The molecule has 0 fully saturated rings. The summed E-state index contributed by atoms with van der Waals surface area (Å²) in [6.07, 6.45) is -0.537. The van der Waals surface area contributed by atoms with Crippen molar-refractivity contribution in [1.29, 1.82) is 0 Å². The fourth-order valence-corrected chi connectivity index (χ4v) is 1.01. The predicted molar refractivity (Wildman–Crippen MR) is 44.6 cm³/mol. The summed E-state index contributed by atoms with van der Waals surface area (Å²) in [6, 6.07) is 0. The van der Waals surface area contributed by atoms with Gasteiger partial charge in [-0.2, -0.15) is 5.10 Å². The van der Waals surface area contributed by atoms with Gasteiger partial charge in [-0.1, -0.05) is 0 Å². The fraction of sp³-hybridized carbons (Fsp3) is 0.714. The molecular weight excluding hydrogens is 156 g/mol. The molecule has 0 amide bonds. The molecule has 0 bridgehead atoms. The van der Waals surface area contributed by atoms with Gasteiger partial charge in [0, 0.05) is 6.54 Å². The van der Waals surface area contributed by atoms with Crippen LogP contribution in [0.2, 0.25) is 0 Å². The molecule has 0 aliphatic carbocycles. The highest BCUT2D eigenvalue weighted by atomic mass is 16.3. The Hall–Kier alpha value is -0.940. The molecule has 1 unspecified atom stereocenters. The number of aromatic nitrogens is 3. The van der Waals surface area contributed by atoms with Crippen molar-refractivity contribution in [1.82, 2.24) is 14.8 Å². The van der Waals surface area contributed by atoms with Crippen LogP contribution in [0.15, 0.2) is 0 Å². The molecule has 0 spiro atoms. The molecule has 1 aromatic heterocycles. The summed E-state index contributed by atoms with van der Waals surface area (Å²) in [5, 5.41) is 13.3. The van der Waals surface area contributed by atoms with E-state index < -0.39 is 6.10 Å². The van der Waals surface area contributed by atoms with Crippen molar-refractivity contribution in [2.45, 2.75) is 26.5 Å². The lowest BCUT2D eigenvalue weighted by molar-refractivity contribution is 0.156. The van der Waals surface area contributed by atoms with Crippen LogP contribution in [-0.2, 0) is 6.54 Å². The van der Waals surface area contributed by atoms with Crippen LogP contribution >= 0.6 is 0 Å². The van der Waals surface area contributed by atoms with Crippen LogP contribution in [0.4, 0.5) is 0 Å². The largest absolute Gasteiger partial charge is 0.390 e. The van der Waals surface area contributed by atoms with Crippen molar-refractivity contribution in [2.24, 2.45) is 5.73 Å². The van der Waals surface area contributed by atoms with Crippen LogP contribution in [0, 0.1) is 13.8 Å². The second-order valence-corrected chi connectivity index (χ2v) is 2.78. The van der Waals surface area contributed by atoms with Gasteiger partial charge in [-0.3, -0.25) is 0 Å². The van der Waals surface area contributed by atoms with E-state index in [4.69, 9.17) is 5.73 Å². The summed E-state index contributed by atoms with van der Waals surface area (Å²) < 4.78 is 1.66. The Labute approximate surface area is 71.2 Å². The molecule has 0 saturated carbocycles. The van der Waals surface area contributed by atoms with Crippen LogP contribution in [0.3, 0.4) is 0 Å². The van der Waals surface area contributed by atoms with E-state index in [1.165, 1.54) is 0 Å². The van der Waals surface area contributed by atoms with E-state index in [0.717, 1.165) is 11.6 Å². The minimum absolute atomic E-state index is 0.248. The van der Waals surface area contributed by atoms with Gasteiger partial charge in [0.25, 0.3) is 0 Å². The highest BCUT2D eigenvalue weighted by Crippen LogP contribution is 1.97. The lowest BCUT2D eigenvalue weighted by Crippen LogP contribution is -2.26. The Kier molecular flexibility index (Phi) is 2.78. The summed E-state index contributed by atoms with van der Waals surface area (Å²) >= 11 is 0. The lowest BCUT2D eigenvalue weighted by Gasteiger charge is -2.07. The minimum atomic E-state index is -0.537. The molecule has 1 heterocycles. The highest BCUT2D eigenvalue weighted by molar-refractivity contribution is 4.87. The number of rotatable bonds is 3. The zero-order valence-electron chi connectivity index (χ0n) is 7.36. The third-order valence-electron chi connectivity index (χ3n) is 1.62. The molecule has 12 heavy (non-hydrogen) atoms. The van der Waals surface area contributed by atoms with E-state index in [-0.39, 0.29) is 6.54 Å². The molecule has 0 aliphatic rings. The number of aliphatic hydroxyl groups is 1. The molecule has 5 nitrogen and oxygen atoms in total. The topological polar surface area (TPSA) is 77.0 Å². The van der Waals surface area contributed by atoms with Crippen molar-refractivity contribution in [3.05, 3.63) is 11.6 Å². The maximum Gasteiger partial charge on any atom is 0.147 e. The Bertz CT molecular complexity index is 258. The van der Waals surface area contributed by atoms with Gasteiger partial charge in [-0.25, -0.2) is 9.67 Å². The molecule has 68 valence electrons. The maximum absolute atomic E-state index is 9.23. The Morgan fingerprint density at radius 3 is 2.67 bits per heavy atom. The van der Waals surface area contributed by atoms with Gasteiger partial charge >= 0.3 is 0 Å². The molecule has 0 aromatic carbocycles. The molecular formula is C7H14N4O. The van der Waals surface area contributed by atoms with Crippen LogP contribution in [-0.4, -0.2) is 32.5 Å². The van der Waals surface area contributed by atoms with Crippen LogP contribution in [0.1, 0.15) is 11.6 Å². The summed E-state index contributed by atoms with van der Waals surface area (Å²) in [7, 11) is 0. The van der Waals surface area contributed by atoms with Gasteiger partial charge < -0.3 is 10.8 Å². The minimum Gasteiger partial charge on any atom is -0.390 e. The van der Waals surface area contributed by atoms with Gasteiger partial charge in [-0.05, 0) is 13.8 Å². The van der Waals surface area contributed by atoms with E-state index in [0.29, 0.717) is 6.54 Å². The summed E-state index contributed by atoms with van der Waals surface area (Å²) in [4.78, 5) is 4.10. The normalized spacial score (nSPS) is 13.3. The smallest absolute Gasteiger partial charge is 0.147 e. The van der Waals surface area contributed by atoms with Gasteiger partial charge in [0.2, 0.25) is 0 Å². The highest BCUT2D eigenvalue weighted by Gasteiger charge is 2.06. The molecule has 1 rings (SSSR count). The van der Waals surface area contributed by atoms with Gasteiger partial charge in [-0.15, -0.1) is 0 Å². The molecule has 0 radical (unpaired) electrons. The van der Waals surface area contributed by atoms with Crippen LogP contribution < -0.4 is 5.73 Å². The fourth-order valence-electron chi connectivity index (χ4n) is 1.01. The van der Waals surface area contributed by atoms with Crippen molar-refractivity contribution in [3.63, 3.8) is 0 Å². The molecule has 1 aromatic rings. The molecule has 0 saturated heterocycles. The molecule has 1 atom stereocenters. The molecule has 0 aliphatic heterocycles. The summed E-state index contributed by atoms with van der Waals surface area (Å²) in [5.74, 6) is 1.52. The van der Waals surface area contributed by atoms with Gasteiger partial charge in [0.1, 0.15) is 11.6 Å². The Morgan fingerprint density at radius 2 is 2.25 bits per heavy atom. The maximum atomic E-state index is 9.23. The van der Waals surface area contributed by atoms with Crippen molar-refractivity contribution in [2.75, 3.05) is 6.54 Å². The first-order valence-electron chi connectivity index (χ1n) is 3.89. The number of hydrogen-bond donors (Lipinski definition) is 2. The van der Waals surface area contributed by atoms with Crippen molar-refractivity contribution in [3.8, 4) is 0 Å². The van der Waals surface area contributed by atoms with Gasteiger partial charge in [0.15, 0.2) is 0 Å². The number of aryl methyl sites for hydroxylation is 2. The zero-order chi connectivity index (χ0) is 9.14. The zero-order valence-corrected chi connectivity index (χ0v) is 7.36. The first-order valence-corrected chi connectivity index (χ1v) is 3.89. The SMILES string of the molecule is Cc1nc(C)n(CC(O)CN)n1. The number of nitrogens with two attached hydrogens (primary N) is 1. The second kappa shape index (κ2) is 3.64. The van der Waals surface area contributed by atoms with E-state index in [1.54, 1.807) is 4.68 Å². The Morgan fingerprint density at radius 1 is 1.58 bits per heavy atom.